The Morgan fingerprint density at radius 2 is 2.15 bits per heavy atom. The Balaban J connectivity index is 2.09. The molecule has 1 fully saturated rings. The van der Waals surface area contributed by atoms with Crippen molar-refractivity contribution in [3.8, 4) is 0 Å². The quantitative estimate of drug-likeness (QED) is 0.644. The standard InChI is InChI=1S/C14H19N3OS2/c1-20-11-6-4-5-10(13(11)14(15)19)16-9-12(18)17-7-2-3-8-17/h4-6,16H,2-3,7-9H2,1H3,(H2,15,19). The zero-order valence-corrected chi connectivity index (χ0v) is 13.1. The number of thioether (sulfide) groups is 1. The number of carbonyl (C=O) groups is 1. The summed E-state index contributed by atoms with van der Waals surface area (Å²) in [5.74, 6) is 0.131. The zero-order chi connectivity index (χ0) is 14.5. The minimum atomic E-state index is 0.131. The average Bonchev–Trinajstić information content (AvgIpc) is 2.98. The minimum absolute atomic E-state index is 0.131. The first-order valence-corrected chi connectivity index (χ1v) is 8.25. The third-order valence-electron chi connectivity index (χ3n) is 3.38. The predicted octanol–water partition coefficient (Wildman–Crippen LogP) is 2.08. The Kier molecular flexibility index (Phi) is 5.25. The monoisotopic (exact) mass is 309 g/mol. The molecular formula is C14H19N3OS2. The lowest BCUT2D eigenvalue weighted by atomic mass is 10.1. The molecule has 4 nitrogen and oxygen atoms in total. The first kappa shape index (κ1) is 15.1. The van der Waals surface area contributed by atoms with Gasteiger partial charge >= 0.3 is 0 Å². The lowest BCUT2D eigenvalue weighted by Gasteiger charge is -2.18. The molecule has 0 aromatic heterocycles. The smallest absolute Gasteiger partial charge is 0.241 e. The van der Waals surface area contributed by atoms with Gasteiger partial charge in [-0.2, -0.15) is 0 Å². The van der Waals surface area contributed by atoms with E-state index in [9.17, 15) is 4.79 Å². The maximum Gasteiger partial charge on any atom is 0.241 e. The van der Waals surface area contributed by atoms with Crippen molar-refractivity contribution in [1.82, 2.24) is 4.90 Å². The molecule has 0 atom stereocenters. The number of carbonyl (C=O) groups excluding carboxylic acids is 1. The molecule has 3 N–H and O–H groups in total. The van der Waals surface area contributed by atoms with Crippen LogP contribution in [0, 0.1) is 0 Å². The van der Waals surface area contributed by atoms with E-state index < -0.39 is 0 Å². The molecule has 0 spiro atoms. The number of nitrogens with one attached hydrogen (secondary N) is 1. The molecule has 0 radical (unpaired) electrons. The van der Waals surface area contributed by atoms with Gasteiger partial charge < -0.3 is 16.0 Å². The molecule has 0 saturated carbocycles. The van der Waals surface area contributed by atoms with Crippen LogP contribution in [-0.4, -0.2) is 41.7 Å². The molecule has 0 aliphatic carbocycles. The van der Waals surface area contributed by atoms with Crippen LogP contribution in [0.15, 0.2) is 23.1 Å². The average molecular weight is 309 g/mol. The van der Waals surface area contributed by atoms with Crippen molar-refractivity contribution in [1.29, 1.82) is 0 Å². The van der Waals surface area contributed by atoms with Crippen LogP contribution in [0.2, 0.25) is 0 Å². The number of hydrogen-bond acceptors (Lipinski definition) is 4. The van der Waals surface area contributed by atoms with Gasteiger partial charge in [0.25, 0.3) is 0 Å². The lowest BCUT2D eigenvalue weighted by Crippen LogP contribution is -2.33. The molecule has 0 unspecified atom stereocenters. The number of likely N-dealkylation sites (tertiary alicyclic amines) is 1. The highest BCUT2D eigenvalue weighted by molar-refractivity contribution is 7.98. The van der Waals surface area contributed by atoms with Crippen molar-refractivity contribution < 1.29 is 4.79 Å². The SMILES string of the molecule is CSc1cccc(NCC(=O)N2CCCC2)c1C(N)=S. The van der Waals surface area contributed by atoms with Crippen molar-refractivity contribution in [3.63, 3.8) is 0 Å². The van der Waals surface area contributed by atoms with Gasteiger partial charge in [0.2, 0.25) is 5.91 Å². The van der Waals surface area contributed by atoms with E-state index in [1.807, 2.05) is 29.4 Å². The van der Waals surface area contributed by atoms with Gasteiger partial charge in [0, 0.05) is 29.2 Å². The molecule has 108 valence electrons. The summed E-state index contributed by atoms with van der Waals surface area (Å²) in [6.07, 6.45) is 4.19. The summed E-state index contributed by atoms with van der Waals surface area (Å²) in [5.41, 5.74) is 7.46. The maximum atomic E-state index is 12.0. The molecular weight excluding hydrogens is 290 g/mol. The molecule has 1 aromatic carbocycles. The van der Waals surface area contributed by atoms with Gasteiger partial charge in [-0.05, 0) is 31.2 Å². The third kappa shape index (κ3) is 3.43. The zero-order valence-electron chi connectivity index (χ0n) is 11.5. The Labute approximate surface area is 129 Å². The van der Waals surface area contributed by atoms with Crippen LogP contribution in [0.25, 0.3) is 0 Å². The van der Waals surface area contributed by atoms with E-state index in [1.165, 1.54) is 0 Å². The van der Waals surface area contributed by atoms with Crippen LogP contribution in [-0.2, 0) is 4.79 Å². The molecule has 20 heavy (non-hydrogen) atoms. The number of hydrogen-bond donors (Lipinski definition) is 2. The molecule has 1 aromatic rings. The van der Waals surface area contributed by atoms with Crippen LogP contribution >= 0.6 is 24.0 Å². The van der Waals surface area contributed by atoms with Gasteiger partial charge in [0.05, 0.1) is 6.54 Å². The van der Waals surface area contributed by atoms with E-state index in [-0.39, 0.29) is 12.5 Å². The first-order chi connectivity index (χ1) is 9.63. The largest absolute Gasteiger partial charge is 0.389 e. The van der Waals surface area contributed by atoms with Crippen molar-refractivity contribution in [2.45, 2.75) is 17.7 Å². The number of nitrogens with two attached hydrogens (primary N) is 1. The molecule has 2 rings (SSSR count). The highest BCUT2D eigenvalue weighted by atomic mass is 32.2. The number of nitrogens with zero attached hydrogens (tertiary/aromatic N) is 1. The lowest BCUT2D eigenvalue weighted by molar-refractivity contribution is -0.128. The van der Waals surface area contributed by atoms with Crippen LogP contribution in [0.5, 0.6) is 0 Å². The van der Waals surface area contributed by atoms with Crippen LogP contribution in [0.4, 0.5) is 5.69 Å². The highest BCUT2D eigenvalue weighted by Gasteiger charge is 2.18. The first-order valence-electron chi connectivity index (χ1n) is 6.62. The Morgan fingerprint density at radius 3 is 2.75 bits per heavy atom. The highest BCUT2D eigenvalue weighted by Crippen LogP contribution is 2.27. The number of thiocarbonyl (C=S) groups is 1. The van der Waals surface area contributed by atoms with E-state index >= 15 is 0 Å². The normalized spacial score (nSPS) is 14.3. The van der Waals surface area contributed by atoms with E-state index in [0.717, 1.165) is 42.1 Å². The molecule has 1 heterocycles. The molecule has 6 heteroatoms. The van der Waals surface area contributed by atoms with Gasteiger partial charge in [0.15, 0.2) is 0 Å². The molecule has 1 aliphatic rings. The molecule has 1 aliphatic heterocycles. The van der Waals surface area contributed by atoms with Gasteiger partial charge in [-0.3, -0.25) is 4.79 Å². The van der Waals surface area contributed by atoms with Crippen molar-refractivity contribution in [3.05, 3.63) is 23.8 Å². The topological polar surface area (TPSA) is 58.4 Å². The van der Waals surface area contributed by atoms with E-state index in [1.54, 1.807) is 11.8 Å². The molecule has 1 amide bonds. The van der Waals surface area contributed by atoms with Gasteiger partial charge in [-0.1, -0.05) is 18.3 Å². The second-order valence-electron chi connectivity index (χ2n) is 4.69. The van der Waals surface area contributed by atoms with Crippen molar-refractivity contribution in [2.24, 2.45) is 5.73 Å². The maximum absolute atomic E-state index is 12.0. The number of rotatable bonds is 5. The molecule has 0 bridgehead atoms. The van der Waals surface area contributed by atoms with Crippen LogP contribution < -0.4 is 11.1 Å². The third-order valence-corrected chi connectivity index (χ3v) is 4.37. The van der Waals surface area contributed by atoms with Crippen molar-refractivity contribution in [2.75, 3.05) is 31.2 Å². The van der Waals surface area contributed by atoms with Crippen LogP contribution in [0.3, 0.4) is 0 Å². The number of benzene rings is 1. The summed E-state index contributed by atoms with van der Waals surface area (Å²) in [6.45, 7) is 2.02. The Bertz CT molecular complexity index is 513. The van der Waals surface area contributed by atoms with Gasteiger partial charge in [-0.25, -0.2) is 0 Å². The second-order valence-corrected chi connectivity index (χ2v) is 5.98. The summed E-state index contributed by atoms with van der Waals surface area (Å²) in [5, 5.41) is 3.17. The fraction of sp³-hybridized carbons (Fsp3) is 0.429. The Morgan fingerprint density at radius 1 is 1.45 bits per heavy atom. The fourth-order valence-corrected chi connectivity index (χ4v) is 3.28. The fourth-order valence-electron chi connectivity index (χ4n) is 2.35. The van der Waals surface area contributed by atoms with Crippen molar-refractivity contribution >= 4 is 40.6 Å². The second kappa shape index (κ2) is 6.95. The minimum Gasteiger partial charge on any atom is -0.389 e. The van der Waals surface area contributed by atoms with Gasteiger partial charge in [0.1, 0.15) is 4.99 Å². The van der Waals surface area contributed by atoms with Crippen LogP contribution in [0.1, 0.15) is 18.4 Å². The summed E-state index contributed by atoms with van der Waals surface area (Å²) < 4.78 is 0. The van der Waals surface area contributed by atoms with E-state index in [4.69, 9.17) is 18.0 Å². The predicted molar refractivity (Wildman–Crippen MR) is 88.4 cm³/mol. The van der Waals surface area contributed by atoms with E-state index in [2.05, 4.69) is 5.32 Å². The number of amides is 1. The molecule has 1 saturated heterocycles. The summed E-state index contributed by atoms with van der Waals surface area (Å²) in [6, 6.07) is 5.83. The summed E-state index contributed by atoms with van der Waals surface area (Å²) in [4.78, 5) is 15.3. The Hall–Kier alpha value is -1.27. The number of anilines is 1. The summed E-state index contributed by atoms with van der Waals surface area (Å²) >= 11 is 6.71. The van der Waals surface area contributed by atoms with E-state index in [0.29, 0.717) is 4.99 Å². The summed E-state index contributed by atoms with van der Waals surface area (Å²) in [7, 11) is 0. The van der Waals surface area contributed by atoms with Gasteiger partial charge in [-0.15, -0.1) is 11.8 Å².